The Morgan fingerprint density at radius 3 is 2.48 bits per heavy atom. The summed E-state index contributed by atoms with van der Waals surface area (Å²) >= 11 is 0. The van der Waals surface area contributed by atoms with Gasteiger partial charge in [-0.2, -0.15) is 0 Å². The van der Waals surface area contributed by atoms with Crippen molar-refractivity contribution in [3.05, 3.63) is 17.6 Å². The number of furan rings is 1. The molecule has 1 amide bonds. The molecule has 2 bridgehead atoms. The van der Waals surface area contributed by atoms with E-state index in [-0.39, 0.29) is 28.4 Å². The van der Waals surface area contributed by atoms with Gasteiger partial charge in [0.25, 0.3) is 5.91 Å². The molecule has 4 rings (SSSR count). The SMILES string of the molecule is Cc1oc(C(=O)NC2C3C4CCC(C4)C23)cc1S(N)(=O)=O. The second kappa shape index (κ2) is 4.10. The first-order chi connectivity index (χ1) is 9.86. The van der Waals surface area contributed by atoms with E-state index in [0.29, 0.717) is 11.8 Å². The zero-order valence-electron chi connectivity index (χ0n) is 11.7. The maximum atomic E-state index is 12.2. The summed E-state index contributed by atoms with van der Waals surface area (Å²) in [6.45, 7) is 1.49. The van der Waals surface area contributed by atoms with Crippen molar-refractivity contribution in [1.82, 2.24) is 5.32 Å². The van der Waals surface area contributed by atoms with E-state index in [2.05, 4.69) is 5.32 Å². The van der Waals surface area contributed by atoms with Gasteiger partial charge in [0.15, 0.2) is 5.76 Å². The van der Waals surface area contributed by atoms with Crippen LogP contribution in [0.3, 0.4) is 0 Å². The summed E-state index contributed by atoms with van der Waals surface area (Å²) in [5.74, 6) is 2.62. The Labute approximate surface area is 123 Å². The first-order valence-corrected chi connectivity index (χ1v) is 8.85. The standard InChI is InChI=1S/C14H18N2O4S/c1-6-10(21(15,18)19)5-9(20-6)14(17)16-13-11-7-2-3-8(4-7)12(11)13/h5,7-8,11-13H,2-4H2,1H3,(H,16,17)(H2,15,18,19). The Morgan fingerprint density at radius 2 is 1.95 bits per heavy atom. The van der Waals surface area contributed by atoms with Crippen LogP contribution in [0.4, 0.5) is 0 Å². The van der Waals surface area contributed by atoms with E-state index in [0.717, 1.165) is 11.8 Å². The van der Waals surface area contributed by atoms with Gasteiger partial charge in [-0.3, -0.25) is 4.79 Å². The monoisotopic (exact) mass is 310 g/mol. The maximum absolute atomic E-state index is 12.2. The smallest absolute Gasteiger partial charge is 0.287 e. The Morgan fingerprint density at radius 1 is 1.33 bits per heavy atom. The third kappa shape index (κ3) is 1.94. The fraction of sp³-hybridized carbons (Fsp3) is 0.643. The van der Waals surface area contributed by atoms with Crippen LogP contribution in [-0.4, -0.2) is 20.4 Å². The lowest BCUT2D eigenvalue weighted by molar-refractivity contribution is 0.0915. The van der Waals surface area contributed by atoms with Crippen molar-refractivity contribution < 1.29 is 17.6 Å². The van der Waals surface area contributed by atoms with Crippen molar-refractivity contribution in [3.8, 4) is 0 Å². The molecule has 0 spiro atoms. The molecule has 4 unspecified atom stereocenters. The molecule has 0 saturated heterocycles. The van der Waals surface area contributed by atoms with E-state index < -0.39 is 10.0 Å². The molecule has 21 heavy (non-hydrogen) atoms. The van der Waals surface area contributed by atoms with Gasteiger partial charge in [-0.05, 0) is 49.9 Å². The van der Waals surface area contributed by atoms with Crippen molar-refractivity contribution in [2.45, 2.75) is 37.1 Å². The highest BCUT2D eigenvalue weighted by atomic mass is 32.2. The lowest BCUT2D eigenvalue weighted by Crippen LogP contribution is -2.29. The highest BCUT2D eigenvalue weighted by Gasteiger charge is 2.65. The number of amides is 1. The predicted molar refractivity (Wildman–Crippen MR) is 73.9 cm³/mol. The van der Waals surface area contributed by atoms with E-state index in [4.69, 9.17) is 9.56 Å². The van der Waals surface area contributed by atoms with Crippen molar-refractivity contribution in [2.75, 3.05) is 0 Å². The molecule has 3 saturated carbocycles. The van der Waals surface area contributed by atoms with Crippen molar-refractivity contribution >= 4 is 15.9 Å². The minimum atomic E-state index is -3.86. The molecule has 114 valence electrons. The summed E-state index contributed by atoms with van der Waals surface area (Å²) in [6.07, 6.45) is 3.89. The number of hydrogen-bond donors (Lipinski definition) is 2. The number of aryl methyl sites for hydroxylation is 1. The summed E-state index contributed by atoms with van der Waals surface area (Å²) in [5, 5.41) is 8.08. The van der Waals surface area contributed by atoms with E-state index in [1.54, 1.807) is 0 Å². The maximum Gasteiger partial charge on any atom is 0.287 e. The third-order valence-corrected chi connectivity index (χ3v) is 6.45. The van der Waals surface area contributed by atoms with Crippen LogP contribution in [0.25, 0.3) is 0 Å². The summed E-state index contributed by atoms with van der Waals surface area (Å²) < 4.78 is 28.0. The summed E-state index contributed by atoms with van der Waals surface area (Å²) in [6, 6.07) is 1.46. The molecule has 0 aliphatic heterocycles. The van der Waals surface area contributed by atoms with Gasteiger partial charge >= 0.3 is 0 Å². The quantitative estimate of drug-likeness (QED) is 0.869. The molecule has 4 atom stereocenters. The average Bonchev–Trinajstić information content (AvgIpc) is 2.81. The van der Waals surface area contributed by atoms with E-state index in [1.165, 1.54) is 32.3 Å². The van der Waals surface area contributed by atoms with Gasteiger partial charge in [0.05, 0.1) is 0 Å². The van der Waals surface area contributed by atoms with Crippen molar-refractivity contribution in [3.63, 3.8) is 0 Å². The number of carbonyl (C=O) groups is 1. The highest BCUT2D eigenvalue weighted by molar-refractivity contribution is 7.89. The number of rotatable bonds is 3. The number of nitrogens with one attached hydrogen (secondary N) is 1. The molecule has 3 aliphatic rings. The Kier molecular flexibility index (Phi) is 2.60. The minimum Gasteiger partial charge on any atom is -0.455 e. The van der Waals surface area contributed by atoms with E-state index in [9.17, 15) is 13.2 Å². The van der Waals surface area contributed by atoms with Crippen LogP contribution < -0.4 is 10.5 Å². The molecular weight excluding hydrogens is 292 g/mol. The Bertz CT molecular complexity index is 707. The second-order valence-corrected chi connectivity index (χ2v) is 8.09. The fourth-order valence-electron chi connectivity index (χ4n) is 4.60. The van der Waals surface area contributed by atoms with Gasteiger partial charge in [0.2, 0.25) is 10.0 Å². The van der Waals surface area contributed by atoms with Crippen LogP contribution in [0.5, 0.6) is 0 Å². The first-order valence-electron chi connectivity index (χ1n) is 7.30. The van der Waals surface area contributed by atoms with Crippen LogP contribution in [0.1, 0.15) is 35.6 Å². The molecule has 3 aliphatic carbocycles. The zero-order chi connectivity index (χ0) is 14.9. The fourth-order valence-corrected chi connectivity index (χ4v) is 5.31. The topological polar surface area (TPSA) is 102 Å². The minimum absolute atomic E-state index is 0.0221. The van der Waals surface area contributed by atoms with Crippen LogP contribution in [0.2, 0.25) is 0 Å². The second-order valence-electron chi connectivity index (χ2n) is 6.56. The molecule has 1 aromatic rings. The van der Waals surface area contributed by atoms with Crippen molar-refractivity contribution in [2.24, 2.45) is 28.8 Å². The van der Waals surface area contributed by atoms with Gasteiger partial charge in [-0.1, -0.05) is 0 Å². The molecule has 6 nitrogen and oxygen atoms in total. The highest BCUT2D eigenvalue weighted by Crippen LogP contribution is 2.65. The van der Waals surface area contributed by atoms with Crippen LogP contribution in [0.15, 0.2) is 15.4 Å². The summed E-state index contributed by atoms with van der Waals surface area (Å²) in [5.41, 5.74) is 0. The molecule has 7 heteroatoms. The summed E-state index contributed by atoms with van der Waals surface area (Å²) in [7, 11) is -3.86. The number of fused-ring (bicyclic) bond motifs is 5. The van der Waals surface area contributed by atoms with Gasteiger partial charge in [0, 0.05) is 12.1 Å². The molecule has 3 fully saturated rings. The van der Waals surface area contributed by atoms with E-state index in [1.807, 2.05) is 0 Å². The number of nitrogens with two attached hydrogens (primary N) is 1. The Balaban J connectivity index is 1.50. The normalized spacial score (nSPS) is 36.6. The third-order valence-electron chi connectivity index (χ3n) is 5.44. The average molecular weight is 310 g/mol. The van der Waals surface area contributed by atoms with E-state index >= 15 is 0 Å². The molecule has 1 heterocycles. The molecule has 1 aromatic heterocycles. The molecular formula is C14H18N2O4S. The van der Waals surface area contributed by atoms with Crippen LogP contribution in [0, 0.1) is 30.6 Å². The van der Waals surface area contributed by atoms with Gasteiger partial charge in [-0.25, -0.2) is 13.6 Å². The number of carbonyl (C=O) groups excluding carboxylic acids is 1. The zero-order valence-corrected chi connectivity index (χ0v) is 12.5. The predicted octanol–water partition coefficient (Wildman–Crippen LogP) is 1.01. The summed E-state index contributed by atoms with van der Waals surface area (Å²) in [4.78, 5) is 12.1. The lowest BCUT2D eigenvalue weighted by Gasteiger charge is -2.09. The molecule has 0 radical (unpaired) electrons. The van der Waals surface area contributed by atoms with Gasteiger partial charge in [-0.15, -0.1) is 0 Å². The van der Waals surface area contributed by atoms with Gasteiger partial charge in [0.1, 0.15) is 10.7 Å². The largest absolute Gasteiger partial charge is 0.455 e. The van der Waals surface area contributed by atoms with Crippen LogP contribution >= 0.6 is 0 Å². The lowest BCUT2D eigenvalue weighted by atomic mass is 10.0. The number of primary sulfonamides is 1. The molecule has 3 N–H and O–H groups in total. The number of sulfonamides is 1. The first kappa shape index (κ1) is 13.3. The van der Waals surface area contributed by atoms with Crippen LogP contribution in [-0.2, 0) is 10.0 Å². The van der Waals surface area contributed by atoms with Gasteiger partial charge < -0.3 is 9.73 Å². The Hall–Kier alpha value is -1.34. The van der Waals surface area contributed by atoms with Crippen molar-refractivity contribution in [1.29, 1.82) is 0 Å². The molecule has 0 aromatic carbocycles. The number of hydrogen-bond acceptors (Lipinski definition) is 4.